The van der Waals surface area contributed by atoms with Crippen molar-refractivity contribution in [1.29, 1.82) is 0 Å². The summed E-state index contributed by atoms with van der Waals surface area (Å²) >= 11 is 0. The number of rotatable bonds is 5. The molecule has 0 N–H and O–H groups in total. The van der Waals surface area contributed by atoms with Crippen molar-refractivity contribution in [3.05, 3.63) is 181 Å². The highest BCUT2D eigenvalue weighted by atomic mass is 15.2. The van der Waals surface area contributed by atoms with Gasteiger partial charge in [-0.25, -0.2) is 4.98 Å². The second kappa shape index (κ2) is 12.2. The minimum atomic E-state index is 0.574. The zero-order chi connectivity index (χ0) is 35.6. The molecule has 0 saturated carbocycles. The normalized spacial score (nSPS) is 12.8. The van der Waals surface area contributed by atoms with Gasteiger partial charge in [0.05, 0.1) is 33.4 Å². The Kier molecular flexibility index (Phi) is 6.89. The van der Waals surface area contributed by atoms with E-state index >= 15 is 0 Å². The molecule has 6 heteroatoms. The average Bonchev–Trinajstić information content (AvgIpc) is 3.77. The quantitative estimate of drug-likeness (QED) is 0.180. The zero-order valence-corrected chi connectivity index (χ0v) is 29.3. The first kappa shape index (κ1) is 30.4. The number of nitrogens with zero attached hydrogens (tertiary/aromatic N) is 6. The molecule has 3 aromatic heterocycles. The van der Waals surface area contributed by atoms with Crippen molar-refractivity contribution in [2.45, 2.75) is 12.8 Å². The predicted molar refractivity (Wildman–Crippen MR) is 220 cm³/mol. The number of para-hydroxylation sites is 2. The molecule has 0 amide bonds. The second-order valence-corrected chi connectivity index (χ2v) is 13.8. The molecule has 7 aromatic carbocycles. The van der Waals surface area contributed by atoms with Crippen LogP contribution in [0.2, 0.25) is 0 Å². The standard InChI is InChI=1S/C48H32N6/c1-4-15-31(16-5-1)39-30-29-38-40(49-39)23-14-26-43(38)53-41-24-12-10-21-34(41)36-27-28-37-35-22-11-13-25-42(35)54(45(37)44(36)53)48-51-46(32-17-6-2-7-18-32)50-47(52-48)33-19-8-3-9-20-33/h1-28H,29-30H2. The van der Waals surface area contributed by atoms with E-state index in [2.05, 4.69) is 143 Å². The van der Waals surface area contributed by atoms with Crippen molar-refractivity contribution < 1.29 is 0 Å². The summed E-state index contributed by atoms with van der Waals surface area (Å²) in [5.74, 6) is 1.83. The molecule has 4 heterocycles. The molecule has 11 rings (SSSR count). The van der Waals surface area contributed by atoms with Crippen molar-refractivity contribution in [2.75, 3.05) is 0 Å². The molecule has 1 aliphatic heterocycles. The lowest BCUT2D eigenvalue weighted by Gasteiger charge is -2.21. The summed E-state index contributed by atoms with van der Waals surface area (Å²) in [6, 6.07) is 59.3. The van der Waals surface area contributed by atoms with Gasteiger partial charge >= 0.3 is 0 Å². The van der Waals surface area contributed by atoms with Crippen molar-refractivity contribution in [1.82, 2.24) is 24.1 Å². The number of aliphatic imine (C=N–C) groups is 1. The third-order valence-corrected chi connectivity index (χ3v) is 10.7. The maximum Gasteiger partial charge on any atom is 0.238 e. The summed E-state index contributed by atoms with van der Waals surface area (Å²) in [7, 11) is 0. The van der Waals surface area contributed by atoms with Crippen LogP contribution in [-0.2, 0) is 6.42 Å². The van der Waals surface area contributed by atoms with E-state index in [0.29, 0.717) is 17.6 Å². The molecule has 6 nitrogen and oxygen atoms in total. The van der Waals surface area contributed by atoms with Gasteiger partial charge in [0, 0.05) is 43.9 Å². The molecule has 10 aromatic rings. The van der Waals surface area contributed by atoms with Gasteiger partial charge in [-0.2, -0.15) is 9.97 Å². The van der Waals surface area contributed by atoms with Crippen molar-refractivity contribution in [3.8, 4) is 34.4 Å². The predicted octanol–water partition coefficient (Wildman–Crippen LogP) is 11.5. The minimum Gasteiger partial charge on any atom is -0.307 e. The van der Waals surface area contributed by atoms with Crippen LogP contribution in [0.3, 0.4) is 0 Å². The van der Waals surface area contributed by atoms with E-state index in [-0.39, 0.29) is 0 Å². The van der Waals surface area contributed by atoms with E-state index < -0.39 is 0 Å². The number of aromatic nitrogens is 5. The Bertz CT molecular complexity index is 3030. The fourth-order valence-corrected chi connectivity index (χ4v) is 8.27. The Morgan fingerprint density at radius 3 is 1.52 bits per heavy atom. The van der Waals surface area contributed by atoms with Crippen LogP contribution in [0, 0.1) is 0 Å². The van der Waals surface area contributed by atoms with Gasteiger partial charge in [0.25, 0.3) is 0 Å². The molecule has 54 heavy (non-hydrogen) atoms. The molecule has 0 saturated heterocycles. The largest absolute Gasteiger partial charge is 0.307 e. The van der Waals surface area contributed by atoms with Crippen LogP contribution in [0.1, 0.15) is 17.5 Å². The van der Waals surface area contributed by atoms with Gasteiger partial charge in [0.2, 0.25) is 5.95 Å². The van der Waals surface area contributed by atoms with E-state index in [1.807, 2.05) is 36.4 Å². The second-order valence-electron chi connectivity index (χ2n) is 13.8. The molecular formula is C48H32N6. The highest BCUT2D eigenvalue weighted by molar-refractivity contribution is 6.23. The van der Waals surface area contributed by atoms with Crippen LogP contribution >= 0.6 is 0 Å². The monoisotopic (exact) mass is 692 g/mol. The molecule has 0 unspecified atom stereocenters. The summed E-state index contributed by atoms with van der Waals surface area (Å²) in [6.07, 6.45) is 1.76. The van der Waals surface area contributed by atoms with Crippen molar-refractivity contribution in [2.24, 2.45) is 4.99 Å². The summed E-state index contributed by atoms with van der Waals surface area (Å²) < 4.78 is 4.71. The Labute approximate surface area is 311 Å². The molecule has 0 atom stereocenters. The van der Waals surface area contributed by atoms with E-state index in [4.69, 9.17) is 19.9 Å². The Morgan fingerprint density at radius 1 is 0.389 bits per heavy atom. The number of benzene rings is 7. The van der Waals surface area contributed by atoms with Crippen molar-refractivity contribution in [3.63, 3.8) is 0 Å². The third-order valence-electron chi connectivity index (χ3n) is 10.7. The summed E-state index contributed by atoms with van der Waals surface area (Å²) in [4.78, 5) is 20.8. The first-order valence-electron chi connectivity index (χ1n) is 18.4. The average molecular weight is 693 g/mol. The number of hydrogen-bond donors (Lipinski definition) is 0. The van der Waals surface area contributed by atoms with Crippen LogP contribution in [-0.4, -0.2) is 29.8 Å². The lowest BCUT2D eigenvalue weighted by molar-refractivity contribution is 0.951. The first-order valence-corrected chi connectivity index (χ1v) is 18.4. The maximum atomic E-state index is 5.26. The van der Waals surface area contributed by atoms with E-state index in [9.17, 15) is 0 Å². The number of fused-ring (bicyclic) bond motifs is 8. The Hall–Kier alpha value is -7.18. The van der Waals surface area contributed by atoms with Crippen molar-refractivity contribution >= 4 is 55.0 Å². The number of hydrogen-bond acceptors (Lipinski definition) is 4. The van der Waals surface area contributed by atoms with Crippen LogP contribution in [0.5, 0.6) is 0 Å². The SMILES string of the molecule is c1ccc(C2=Nc3cccc(-n4c5ccccc5c5ccc6c7ccccc7n(-c7nc(-c8ccccc8)nc(-c8ccccc8)n7)c6c54)c3CC2)cc1. The fourth-order valence-electron chi connectivity index (χ4n) is 8.27. The first-order chi connectivity index (χ1) is 26.8. The van der Waals surface area contributed by atoms with Gasteiger partial charge in [-0.05, 0) is 42.7 Å². The lowest BCUT2D eigenvalue weighted by Crippen LogP contribution is -2.11. The molecule has 1 aliphatic rings. The van der Waals surface area contributed by atoms with Gasteiger partial charge < -0.3 is 4.57 Å². The summed E-state index contributed by atoms with van der Waals surface area (Å²) in [5, 5.41) is 4.64. The van der Waals surface area contributed by atoms with E-state index in [0.717, 1.165) is 73.9 Å². The zero-order valence-electron chi connectivity index (χ0n) is 29.3. The molecular weight excluding hydrogens is 661 g/mol. The van der Waals surface area contributed by atoms with E-state index in [1.54, 1.807) is 0 Å². The highest BCUT2D eigenvalue weighted by Crippen LogP contribution is 2.43. The fraction of sp³-hybridized carbons (Fsp3) is 0.0417. The smallest absolute Gasteiger partial charge is 0.238 e. The van der Waals surface area contributed by atoms with Crippen LogP contribution in [0.25, 0.3) is 78.0 Å². The molecule has 0 aliphatic carbocycles. The Morgan fingerprint density at radius 2 is 0.907 bits per heavy atom. The van der Waals surface area contributed by atoms with Gasteiger partial charge in [-0.15, -0.1) is 0 Å². The highest BCUT2D eigenvalue weighted by Gasteiger charge is 2.25. The molecule has 0 spiro atoms. The van der Waals surface area contributed by atoms with Gasteiger partial charge in [0.1, 0.15) is 0 Å². The Balaban J connectivity index is 1.26. The summed E-state index contributed by atoms with van der Waals surface area (Å²) in [6.45, 7) is 0. The lowest BCUT2D eigenvalue weighted by atomic mass is 9.96. The van der Waals surface area contributed by atoms with Gasteiger partial charge in [-0.1, -0.05) is 146 Å². The maximum absolute atomic E-state index is 5.26. The van der Waals surface area contributed by atoms with Crippen LogP contribution in [0.15, 0.2) is 175 Å². The van der Waals surface area contributed by atoms with Crippen LogP contribution in [0.4, 0.5) is 5.69 Å². The minimum absolute atomic E-state index is 0.574. The van der Waals surface area contributed by atoms with Gasteiger partial charge in [0.15, 0.2) is 11.6 Å². The molecule has 254 valence electrons. The van der Waals surface area contributed by atoms with Gasteiger partial charge in [-0.3, -0.25) is 9.56 Å². The summed E-state index contributed by atoms with van der Waals surface area (Å²) in [5.41, 5.74) is 11.9. The topological polar surface area (TPSA) is 60.9 Å². The van der Waals surface area contributed by atoms with E-state index in [1.165, 1.54) is 21.9 Å². The molecule has 0 radical (unpaired) electrons. The third kappa shape index (κ3) is 4.73. The molecule has 0 bridgehead atoms. The molecule has 0 fully saturated rings. The van der Waals surface area contributed by atoms with Crippen LogP contribution < -0.4 is 0 Å².